The summed E-state index contributed by atoms with van der Waals surface area (Å²) < 4.78 is 1.40. The van der Waals surface area contributed by atoms with Gasteiger partial charge in [0.25, 0.3) is 0 Å². The molecule has 0 unspecified atom stereocenters. The molecule has 2 heterocycles. The molecule has 0 aliphatic rings. The second-order valence-corrected chi connectivity index (χ2v) is 2.90. The summed E-state index contributed by atoms with van der Waals surface area (Å²) in [5.41, 5.74) is 0.526. The summed E-state index contributed by atoms with van der Waals surface area (Å²) in [5, 5.41) is 14.8. The molecule has 14 heavy (non-hydrogen) atoms. The Morgan fingerprint density at radius 2 is 2.36 bits per heavy atom. The van der Waals surface area contributed by atoms with Crippen molar-refractivity contribution in [2.75, 3.05) is 5.32 Å². The van der Waals surface area contributed by atoms with Crippen LogP contribution in [-0.2, 0) is 0 Å². The third kappa shape index (κ3) is 1.60. The highest BCUT2D eigenvalue weighted by Crippen LogP contribution is 2.10. The summed E-state index contributed by atoms with van der Waals surface area (Å²) in [6.07, 6.45) is 0.273. The number of anilines is 1. The topological polar surface area (TPSA) is 79.5 Å². The maximum Gasteiger partial charge on any atom is 0.410 e. The van der Waals surface area contributed by atoms with E-state index in [0.717, 1.165) is 0 Å². The van der Waals surface area contributed by atoms with Gasteiger partial charge in [0.15, 0.2) is 11.5 Å². The van der Waals surface area contributed by atoms with Crippen molar-refractivity contribution < 1.29 is 9.90 Å². The number of hydrogen-bond donors (Lipinski definition) is 2. The molecule has 2 N–H and O–H groups in total. The third-order valence-corrected chi connectivity index (χ3v) is 1.72. The van der Waals surface area contributed by atoms with E-state index < -0.39 is 6.09 Å². The van der Waals surface area contributed by atoms with Crippen LogP contribution >= 0.6 is 11.6 Å². The molecule has 0 radical (unpaired) electrons. The summed E-state index contributed by atoms with van der Waals surface area (Å²) >= 11 is 5.64. The van der Waals surface area contributed by atoms with Gasteiger partial charge in [0, 0.05) is 0 Å². The lowest BCUT2D eigenvalue weighted by molar-refractivity contribution is 0.209. The fourth-order valence-corrected chi connectivity index (χ4v) is 1.17. The molecular weight excluding hydrogens is 208 g/mol. The van der Waals surface area contributed by atoms with E-state index in [2.05, 4.69) is 15.4 Å². The fourth-order valence-electron chi connectivity index (χ4n) is 1.03. The van der Waals surface area contributed by atoms with Gasteiger partial charge in [-0.2, -0.15) is 5.10 Å². The molecule has 0 bridgehead atoms. The number of aromatic nitrogens is 3. The predicted octanol–water partition coefficient (Wildman–Crippen LogP) is 1.47. The van der Waals surface area contributed by atoms with Crippen molar-refractivity contribution in [3.63, 3.8) is 0 Å². The Balaban J connectivity index is 2.46. The van der Waals surface area contributed by atoms with Gasteiger partial charge in [-0.05, 0) is 12.1 Å². The van der Waals surface area contributed by atoms with Crippen molar-refractivity contribution in [2.45, 2.75) is 0 Å². The van der Waals surface area contributed by atoms with Gasteiger partial charge < -0.3 is 5.11 Å². The molecule has 0 atom stereocenters. The maximum atomic E-state index is 10.3. The van der Waals surface area contributed by atoms with Crippen LogP contribution in [0.5, 0.6) is 0 Å². The van der Waals surface area contributed by atoms with Crippen LogP contribution in [0.2, 0.25) is 5.15 Å². The molecule has 0 saturated heterocycles. The molecule has 0 spiro atoms. The standard InChI is InChI=1S/C7H5ClN4O2/c8-4-1-2-6-9-5(10-7(13)14)3-12(6)11-4/h1-3,10H,(H,13,14). The molecule has 2 aromatic rings. The van der Waals surface area contributed by atoms with E-state index >= 15 is 0 Å². The Morgan fingerprint density at radius 1 is 1.57 bits per heavy atom. The molecule has 6 nitrogen and oxygen atoms in total. The molecule has 2 aromatic heterocycles. The first-order valence-corrected chi connectivity index (χ1v) is 4.05. The first kappa shape index (κ1) is 8.76. The number of halogens is 1. The van der Waals surface area contributed by atoms with Gasteiger partial charge in [-0.15, -0.1) is 0 Å². The van der Waals surface area contributed by atoms with E-state index in [9.17, 15) is 4.79 Å². The minimum atomic E-state index is -1.17. The van der Waals surface area contributed by atoms with Gasteiger partial charge >= 0.3 is 6.09 Å². The number of amides is 1. The Bertz CT molecular complexity index is 495. The highest BCUT2D eigenvalue weighted by atomic mass is 35.5. The number of carbonyl (C=O) groups is 1. The van der Waals surface area contributed by atoms with Crippen molar-refractivity contribution in [2.24, 2.45) is 0 Å². The van der Waals surface area contributed by atoms with Crippen LogP contribution in [0.25, 0.3) is 5.65 Å². The van der Waals surface area contributed by atoms with E-state index in [1.165, 1.54) is 10.7 Å². The first-order valence-electron chi connectivity index (χ1n) is 3.67. The lowest BCUT2D eigenvalue weighted by Gasteiger charge is -1.90. The highest BCUT2D eigenvalue weighted by Gasteiger charge is 2.04. The zero-order chi connectivity index (χ0) is 10.1. The van der Waals surface area contributed by atoms with Gasteiger partial charge in [-0.25, -0.2) is 14.3 Å². The van der Waals surface area contributed by atoms with E-state index in [4.69, 9.17) is 16.7 Å². The number of imidazole rings is 1. The molecular formula is C7H5ClN4O2. The minimum absolute atomic E-state index is 0.215. The molecule has 2 rings (SSSR count). The zero-order valence-corrected chi connectivity index (χ0v) is 7.56. The second-order valence-electron chi connectivity index (χ2n) is 2.52. The lowest BCUT2D eigenvalue weighted by atomic mass is 10.6. The molecule has 0 fully saturated rings. The quantitative estimate of drug-likeness (QED) is 0.750. The van der Waals surface area contributed by atoms with E-state index in [1.54, 1.807) is 12.1 Å². The molecule has 72 valence electrons. The van der Waals surface area contributed by atoms with Crippen LogP contribution in [-0.4, -0.2) is 25.8 Å². The number of nitrogens with one attached hydrogen (secondary N) is 1. The SMILES string of the molecule is O=C(O)Nc1cn2nc(Cl)ccc2n1. The molecule has 0 aliphatic carbocycles. The number of carboxylic acid groups (broad SMARTS) is 1. The zero-order valence-electron chi connectivity index (χ0n) is 6.81. The van der Waals surface area contributed by atoms with Crippen LogP contribution in [0.3, 0.4) is 0 Å². The third-order valence-electron chi connectivity index (χ3n) is 1.52. The van der Waals surface area contributed by atoms with Gasteiger partial charge in [0.1, 0.15) is 5.15 Å². The van der Waals surface area contributed by atoms with Gasteiger partial charge in [0.05, 0.1) is 6.20 Å². The summed E-state index contributed by atoms with van der Waals surface area (Å²) in [6.45, 7) is 0. The monoisotopic (exact) mass is 212 g/mol. The van der Waals surface area contributed by atoms with E-state index in [0.29, 0.717) is 10.8 Å². The summed E-state index contributed by atoms with van der Waals surface area (Å²) in [4.78, 5) is 14.2. The summed E-state index contributed by atoms with van der Waals surface area (Å²) in [6, 6.07) is 3.22. The van der Waals surface area contributed by atoms with Crippen LogP contribution in [0.4, 0.5) is 10.6 Å². The Morgan fingerprint density at radius 3 is 3.07 bits per heavy atom. The number of rotatable bonds is 1. The van der Waals surface area contributed by atoms with Crippen LogP contribution in [0.15, 0.2) is 18.3 Å². The maximum absolute atomic E-state index is 10.3. The average Bonchev–Trinajstić information content (AvgIpc) is 2.44. The predicted molar refractivity (Wildman–Crippen MR) is 49.6 cm³/mol. The van der Waals surface area contributed by atoms with Crippen molar-refractivity contribution in [1.82, 2.24) is 14.6 Å². The van der Waals surface area contributed by atoms with Gasteiger partial charge in [-0.1, -0.05) is 11.6 Å². The van der Waals surface area contributed by atoms with Crippen molar-refractivity contribution in [3.8, 4) is 0 Å². The van der Waals surface area contributed by atoms with Crippen LogP contribution in [0, 0.1) is 0 Å². The smallest absolute Gasteiger partial charge is 0.410 e. The van der Waals surface area contributed by atoms with E-state index in [1.807, 2.05) is 0 Å². The largest absolute Gasteiger partial charge is 0.465 e. The van der Waals surface area contributed by atoms with Crippen LogP contribution < -0.4 is 5.32 Å². The summed E-state index contributed by atoms with van der Waals surface area (Å²) in [5.74, 6) is 0.215. The lowest BCUT2D eigenvalue weighted by Crippen LogP contribution is -2.07. The number of nitrogens with zero attached hydrogens (tertiary/aromatic N) is 3. The average molecular weight is 213 g/mol. The minimum Gasteiger partial charge on any atom is -0.465 e. The van der Waals surface area contributed by atoms with E-state index in [-0.39, 0.29) is 5.82 Å². The highest BCUT2D eigenvalue weighted by molar-refractivity contribution is 6.29. The summed E-state index contributed by atoms with van der Waals surface area (Å²) in [7, 11) is 0. The molecule has 0 aliphatic heterocycles. The molecule has 1 amide bonds. The van der Waals surface area contributed by atoms with Crippen molar-refractivity contribution in [1.29, 1.82) is 0 Å². The van der Waals surface area contributed by atoms with Crippen molar-refractivity contribution >= 4 is 29.2 Å². The first-order chi connectivity index (χ1) is 6.65. The van der Waals surface area contributed by atoms with Crippen molar-refractivity contribution in [3.05, 3.63) is 23.5 Å². The Hall–Kier alpha value is -1.82. The Labute approximate surface area is 83.1 Å². The molecule has 0 saturated carbocycles. The Kier molecular flexibility index (Phi) is 1.97. The normalized spacial score (nSPS) is 10.4. The number of hydrogen-bond acceptors (Lipinski definition) is 3. The van der Waals surface area contributed by atoms with Crippen LogP contribution in [0.1, 0.15) is 0 Å². The van der Waals surface area contributed by atoms with Gasteiger partial charge in [-0.3, -0.25) is 5.32 Å². The second kappa shape index (κ2) is 3.15. The number of fused-ring (bicyclic) bond motifs is 1. The fraction of sp³-hybridized carbons (Fsp3) is 0. The molecule has 0 aromatic carbocycles. The van der Waals surface area contributed by atoms with Gasteiger partial charge in [0.2, 0.25) is 0 Å². The molecule has 7 heteroatoms.